The molecule has 1 aliphatic heterocycles. The van der Waals surface area contributed by atoms with Gasteiger partial charge in [-0.25, -0.2) is 8.42 Å². The molecule has 0 saturated carbocycles. The molecule has 114 valence electrons. The summed E-state index contributed by atoms with van der Waals surface area (Å²) in [6, 6.07) is 1.77. The van der Waals surface area contributed by atoms with E-state index in [0.29, 0.717) is 29.8 Å². The van der Waals surface area contributed by atoms with Crippen molar-refractivity contribution in [2.75, 3.05) is 13.1 Å². The van der Waals surface area contributed by atoms with Crippen molar-refractivity contribution in [1.29, 1.82) is 0 Å². The van der Waals surface area contributed by atoms with Crippen molar-refractivity contribution in [3.05, 3.63) is 16.5 Å². The van der Waals surface area contributed by atoms with Crippen LogP contribution in [-0.2, 0) is 16.6 Å². The second-order valence-electron chi connectivity index (χ2n) is 5.49. The summed E-state index contributed by atoms with van der Waals surface area (Å²) in [6.07, 6.45) is 4.22. The number of sulfonamides is 1. The van der Waals surface area contributed by atoms with E-state index < -0.39 is 10.0 Å². The van der Waals surface area contributed by atoms with Gasteiger partial charge in [0.05, 0.1) is 0 Å². The number of nitrogens with zero attached hydrogens (tertiary/aromatic N) is 1. The Morgan fingerprint density at radius 2 is 2.15 bits per heavy atom. The average Bonchev–Trinajstić information content (AvgIpc) is 2.66. The molecule has 1 aliphatic rings. The second-order valence-corrected chi connectivity index (χ2v) is 8.79. The predicted molar refractivity (Wildman–Crippen MR) is 83.3 cm³/mol. The molecule has 1 fully saturated rings. The van der Waals surface area contributed by atoms with E-state index in [0.717, 1.165) is 36.1 Å². The van der Waals surface area contributed by atoms with Crippen LogP contribution in [0.1, 0.15) is 43.0 Å². The van der Waals surface area contributed by atoms with Gasteiger partial charge in [-0.05, 0) is 43.7 Å². The SMILES string of the molecule is CCC1CCCN(S(=O)(=O)c2cc(C)c(CN)s2)CC1. The minimum absolute atomic E-state index is 0.407. The van der Waals surface area contributed by atoms with E-state index >= 15 is 0 Å². The summed E-state index contributed by atoms with van der Waals surface area (Å²) in [7, 11) is -3.33. The van der Waals surface area contributed by atoms with Crippen LogP contribution < -0.4 is 5.73 Å². The molecule has 6 heteroatoms. The van der Waals surface area contributed by atoms with Crippen molar-refractivity contribution in [3.8, 4) is 0 Å². The molecule has 2 N–H and O–H groups in total. The highest BCUT2D eigenvalue weighted by Gasteiger charge is 2.29. The van der Waals surface area contributed by atoms with Crippen LogP contribution in [0.15, 0.2) is 10.3 Å². The molecule has 1 saturated heterocycles. The van der Waals surface area contributed by atoms with E-state index in [2.05, 4.69) is 6.92 Å². The number of nitrogens with two attached hydrogens (primary N) is 1. The number of rotatable bonds is 4. The lowest BCUT2D eigenvalue weighted by atomic mass is 9.98. The van der Waals surface area contributed by atoms with Crippen molar-refractivity contribution >= 4 is 21.4 Å². The van der Waals surface area contributed by atoms with E-state index in [4.69, 9.17) is 5.73 Å². The Hall–Kier alpha value is -0.430. The van der Waals surface area contributed by atoms with Crippen LogP contribution in [0, 0.1) is 12.8 Å². The molecule has 0 bridgehead atoms. The van der Waals surface area contributed by atoms with Crippen LogP contribution in [0.5, 0.6) is 0 Å². The Labute approximate surface area is 126 Å². The first kappa shape index (κ1) is 15.9. The highest BCUT2D eigenvalue weighted by molar-refractivity contribution is 7.91. The molecule has 20 heavy (non-hydrogen) atoms. The maximum atomic E-state index is 12.7. The van der Waals surface area contributed by atoms with Gasteiger partial charge in [-0.3, -0.25) is 0 Å². The first-order chi connectivity index (χ1) is 9.48. The van der Waals surface area contributed by atoms with Crippen molar-refractivity contribution in [3.63, 3.8) is 0 Å². The van der Waals surface area contributed by atoms with Crippen LogP contribution in [0.4, 0.5) is 0 Å². The summed E-state index contributed by atoms with van der Waals surface area (Å²) < 4.78 is 27.5. The minimum atomic E-state index is -3.33. The number of thiophene rings is 1. The fourth-order valence-electron chi connectivity index (χ4n) is 2.73. The molecular formula is C14H24N2O2S2. The van der Waals surface area contributed by atoms with Gasteiger partial charge in [0.25, 0.3) is 10.0 Å². The quantitative estimate of drug-likeness (QED) is 0.929. The Morgan fingerprint density at radius 3 is 2.75 bits per heavy atom. The van der Waals surface area contributed by atoms with Crippen LogP contribution in [0.3, 0.4) is 0 Å². The first-order valence-electron chi connectivity index (χ1n) is 7.28. The summed E-state index contributed by atoms with van der Waals surface area (Å²) in [4.78, 5) is 0.963. The van der Waals surface area contributed by atoms with Gasteiger partial charge in [0.2, 0.25) is 0 Å². The molecule has 0 radical (unpaired) electrons. The Balaban J connectivity index is 2.21. The largest absolute Gasteiger partial charge is 0.326 e. The van der Waals surface area contributed by atoms with Gasteiger partial charge in [-0.15, -0.1) is 11.3 Å². The summed E-state index contributed by atoms with van der Waals surface area (Å²) in [5.74, 6) is 0.667. The van der Waals surface area contributed by atoms with Crippen LogP contribution in [-0.4, -0.2) is 25.8 Å². The van der Waals surface area contributed by atoms with Gasteiger partial charge in [0.15, 0.2) is 0 Å². The van der Waals surface area contributed by atoms with Gasteiger partial charge >= 0.3 is 0 Å². The highest BCUT2D eigenvalue weighted by Crippen LogP contribution is 2.30. The molecule has 1 unspecified atom stereocenters. The third-order valence-corrected chi connectivity index (χ3v) is 7.77. The van der Waals surface area contributed by atoms with Gasteiger partial charge < -0.3 is 5.73 Å². The zero-order valence-electron chi connectivity index (χ0n) is 12.3. The second kappa shape index (κ2) is 6.56. The lowest BCUT2D eigenvalue weighted by Gasteiger charge is -2.19. The van der Waals surface area contributed by atoms with Crippen LogP contribution in [0.2, 0.25) is 0 Å². The van der Waals surface area contributed by atoms with Crippen molar-refractivity contribution in [2.45, 2.75) is 50.3 Å². The standard InChI is InChI=1S/C14H24N2O2S2/c1-3-12-5-4-7-16(8-6-12)20(17,18)14-9-11(2)13(10-15)19-14/h9,12H,3-8,10,15H2,1-2H3. The molecule has 2 rings (SSSR count). The van der Waals surface area contributed by atoms with Crippen molar-refractivity contribution < 1.29 is 8.42 Å². The summed E-state index contributed by atoms with van der Waals surface area (Å²) in [6.45, 7) is 5.81. The third-order valence-electron chi connectivity index (χ3n) is 4.16. The first-order valence-corrected chi connectivity index (χ1v) is 9.54. The number of hydrogen-bond donors (Lipinski definition) is 1. The van der Waals surface area contributed by atoms with Gasteiger partial charge in [0, 0.05) is 24.5 Å². The highest BCUT2D eigenvalue weighted by atomic mass is 32.2. The Morgan fingerprint density at radius 1 is 1.40 bits per heavy atom. The van der Waals surface area contributed by atoms with Gasteiger partial charge in [0.1, 0.15) is 4.21 Å². The van der Waals surface area contributed by atoms with Crippen molar-refractivity contribution in [1.82, 2.24) is 4.31 Å². The lowest BCUT2D eigenvalue weighted by molar-refractivity contribution is 0.408. The fourth-order valence-corrected chi connectivity index (χ4v) is 5.85. The molecule has 0 aromatic carbocycles. The Kier molecular flexibility index (Phi) is 5.23. The average molecular weight is 316 g/mol. The normalized spacial score (nSPS) is 21.9. The van der Waals surface area contributed by atoms with E-state index in [9.17, 15) is 8.42 Å². The minimum Gasteiger partial charge on any atom is -0.326 e. The molecule has 1 aromatic heterocycles. The molecule has 1 atom stereocenters. The number of aryl methyl sites for hydroxylation is 1. The fraction of sp³-hybridized carbons (Fsp3) is 0.714. The molecule has 0 aliphatic carbocycles. The maximum absolute atomic E-state index is 12.7. The Bertz CT molecular complexity index is 552. The van der Waals surface area contributed by atoms with E-state index in [-0.39, 0.29) is 0 Å². The molecule has 2 heterocycles. The molecular weight excluding hydrogens is 292 g/mol. The summed E-state index contributed by atoms with van der Waals surface area (Å²) in [5, 5.41) is 0. The van der Waals surface area contributed by atoms with Gasteiger partial charge in [-0.2, -0.15) is 4.31 Å². The van der Waals surface area contributed by atoms with E-state index in [1.807, 2.05) is 6.92 Å². The molecule has 0 amide bonds. The van der Waals surface area contributed by atoms with Crippen LogP contribution >= 0.6 is 11.3 Å². The van der Waals surface area contributed by atoms with E-state index in [1.165, 1.54) is 11.3 Å². The topological polar surface area (TPSA) is 63.4 Å². The lowest BCUT2D eigenvalue weighted by Crippen LogP contribution is -2.31. The van der Waals surface area contributed by atoms with E-state index in [1.54, 1.807) is 10.4 Å². The van der Waals surface area contributed by atoms with Crippen molar-refractivity contribution in [2.24, 2.45) is 11.7 Å². The van der Waals surface area contributed by atoms with Gasteiger partial charge in [-0.1, -0.05) is 13.3 Å². The monoisotopic (exact) mass is 316 g/mol. The zero-order chi connectivity index (χ0) is 14.8. The maximum Gasteiger partial charge on any atom is 0.252 e. The summed E-state index contributed by atoms with van der Waals surface area (Å²) >= 11 is 1.32. The molecule has 4 nitrogen and oxygen atoms in total. The summed E-state index contributed by atoms with van der Waals surface area (Å²) in [5.41, 5.74) is 6.63. The molecule has 0 spiro atoms. The van der Waals surface area contributed by atoms with Crippen LogP contribution in [0.25, 0.3) is 0 Å². The third kappa shape index (κ3) is 3.24. The zero-order valence-corrected chi connectivity index (χ0v) is 13.9. The predicted octanol–water partition coefficient (Wildman–Crippen LogP) is 2.72. The number of hydrogen-bond acceptors (Lipinski definition) is 4. The molecule has 1 aromatic rings. The smallest absolute Gasteiger partial charge is 0.252 e.